The van der Waals surface area contributed by atoms with Gasteiger partial charge in [-0.1, -0.05) is 0 Å². The van der Waals surface area contributed by atoms with Crippen LogP contribution < -0.4 is 5.32 Å². The number of hydrogen-bond donors (Lipinski definition) is 1. The lowest BCUT2D eigenvalue weighted by Gasteiger charge is -2.14. The maximum Gasteiger partial charge on any atom is 0.141 e. The van der Waals surface area contributed by atoms with Gasteiger partial charge in [-0.05, 0) is 36.2 Å². The van der Waals surface area contributed by atoms with E-state index in [4.69, 9.17) is 0 Å². The molecule has 0 aliphatic heterocycles. The van der Waals surface area contributed by atoms with Gasteiger partial charge in [0, 0.05) is 20.5 Å². The van der Waals surface area contributed by atoms with Gasteiger partial charge in [-0.25, -0.2) is 4.39 Å². The van der Waals surface area contributed by atoms with Crippen molar-refractivity contribution >= 4 is 32.1 Å². The van der Waals surface area contributed by atoms with Crippen LogP contribution in [0, 0.1) is 5.82 Å². The second-order valence-electron chi connectivity index (χ2n) is 3.96. The van der Waals surface area contributed by atoms with Gasteiger partial charge in [-0.3, -0.25) is 4.98 Å². The predicted octanol–water partition coefficient (Wildman–Crippen LogP) is 3.81. The van der Waals surface area contributed by atoms with Gasteiger partial charge < -0.3 is 5.32 Å². The Balaban J connectivity index is 2.04. The molecule has 2 nitrogen and oxygen atoms in total. The van der Waals surface area contributed by atoms with Crippen LogP contribution in [-0.4, -0.2) is 12.0 Å². The fraction of sp³-hybridized carbons (Fsp3) is 0.154. The first-order valence-electron chi connectivity index (χ1n) is 5.52. The maximum atomic E-state index is 13.2. The maximum absolute atomic E-state index is 13.2. The van der Waals surface area contributed by atoms with Gasteiger partial charge in [0.1, 0.15) is 5.82 Å². The molecule has 0 saturated heterocycles. The lowest BCUT2D eigenvalue weighted by molar-refractivity contribution is 0.610. The number of pyridine rings is 1. The highest BCUT2D eigenvalue weighted by Crippen LogP contribution is 2.35. The molecule has 0 aliphatic carbocycles. The Labute approximate surface area is 112 Å². The average Bonchev–Trinajstić information content (AvgIpc) is 2.91. The van der Waals surface area contributed by atoms with Crippen LogP contribution in [0.15, 0.2) is 36.0 Å². The molecule has 0 saturated carbocycles. The minimum atomic E-state index is -0.300. The smallest absolute Gasteiger partial charge is 0.141 e. The standard InChI is InChI=1S/C13H11FN2S2/c1-15-13(8-4-9(14)7-16-6-8)12-5-11-10(18-12)2-3-17-11/h2-7,13,15H,1H3. The second-order valence-corrected chi connectivity index (χ2v) is 6.02. The molecule has 0 aromatic carbocycles. The predicted molar refractivity (Wildman–Crippen MR) is 74.8 cm³/mol. The van der Waals surface area contributed by atoms with Gasteiger partial charge in [0.05, 0.1) is 12.2 Å². The van der Waals surface area contributed by atoms with E-state index in [-0.39, 0.29) is 11.9 Å². The summed E-state index contributed by atoms with van der Waals surface area (Å²) in [7, 11) is 1.88. The van der Waals surface area contributed by atoms with E-state index in [9.17, 15) is 4.39 Å². The minimum absolute atomic E-state index is 0.00204. The molecule has 0 radical (unpaired) electrons. The lowest BCUT2D eigenvalue weighted by Crippen LogP contribution is -2.16. The Kier molecular flexibility index (Phi) is 3.11. The van der Waals surface area contributed by atoms with E-state index in [1.807, 2.05) is 7.05 Å². The zero-order valence-electron chi connectivity index (χ0n) is 9.68. The third-order valence-electron chi connectivity index (χ3n) is 2.79. The van der Waals surface area contributed by atoms with Gasteiger partial charge in [0.2, 0.25) is 0 Å². The minimum Gasteiger partial charge on any atom is -0.309 e. The summed E-state index contributed by atoms with van der Waals surface area (Å²) in [6, 6.07) is 5.81. The Morgan fingerprint density at radius 2 is 2.17 bits per heavy atom. The highest BCUT2D eigenvalue weighted by Gasteiger charge is 2.16. The number of nitrogens with zero attached hydrogens (tertiary/aromatic N) is 1. The third kappa shape index (κ3) is 2.05. The van der Waals surface area contributed by atoms with Crippen molar-refractivity contribution in [3.63, 3.8) is 0 Å². The molecule has 0 spiro atoms. The van der Waals surface area contributed by atoms with Gasteiger partial charge >= 0.3 is 0 Å². The molecule has 1 unspecified atom stereocenters. The number of fused-ring (bicyclic) bond motifs is 1. The summed E-state index contributed by atoms with van der Waals surface area (Å²) in [5.74, 6) is -0.300. The van der Waals surface area contributed by atoms with Crippen molar-refractivity contribution in [2.75, 3.05) is 7.05 Å². The van der Waals surface area contributed by atoms with E-state index in [0.717, 1.165) is 5.56 Å². The summed E-state index contributed by atoms with van der Waals surface area (Å²) in [6.45, 7) is 0. The van der Waals surface area contributed by atoms with Crippen molar-refractivity contribution in [2.45, 2.75) is 6.04 Å². The summed E-state index contributed by atoms with van der Waals surface area (Å²) >= 11 is 3.46. The molecule has 5 heteroatoms. The summed E-state index contributed by atoms with van der Waals surface area (Å²) in [5.41, 5.74) is 0.853. The van der Waals surface area contributed by atoms with Crippen LogP contribution in [0.4, 0.5) is 4.39 Å². The van der Waals surface area contributed by atoms with Crippen molar-refractivity contribution in [2.24, 2.45) is 0 Å². The zero-order valence-corrected chi connectivity index (χ0v) is 11.3. The quantitative estimate of drug-likeness (QED) is 0.788. The van der Waals surface area contributed by atoms with Crippen molar-refractivity contribution in [3.8, 4) is 0 Å². The van der Waals surface area contributed by atoms with E-state index < -0.39 is 0 Å². The normalized spacial score (nSPS) is 13.0. The van der Waals surface area contributed by atoms with Crippen LogP contribution in [0.5, 0.6) is 0 Å². The molecule has 3 rings (SSSR count). The van der Waals surface area contributed by atoms with Gasteiger partial charge in [-0.2, -0.15) is 0 Å². The SMILES string of the molecule is CNC(c1cncc(F)c1)c1cc2sccc2s1. The van der Waals surface area contributed by atoms with Gasteiger partial charge in [-0.15, -0.1) is 22.7 Å². The fourth-order valence-electron chi connectivity index (χ4n) is 1.99. The van der Waals surface area contributed by atoms with E-state index in [1.54, 1.807) is 28.9 Å². The second kappa shape index (κ2) is 4.76. The first-order chi connectivity index (χ1) is 8.78. The Hall–Kier alpha value is -1.30. The number of nitrogens with one attached hydrogen (secondary N) is 1. The third-order valence-corrected chi connectivity index (χ3v) is 4.95. The van der Waals surface area contributed by atoms with Crippen molar-refractivity contribution in [1.82, 2.24) is 10.3 Å². The molecular formula is C13H11FN2S2. The molecule has 0 fully saturated rings. The van der Waals surface area contributed by atoms with Gasteiger partial charge in [0.25, 0.3) is 0 Å². The molecule has 0 aliphatic rings. The molecule has 3 heterocycles. The van der Waals surface area contributed by atoms with Crippen LogP contribution >= 0.6 is 22.7 Å². The Bertz CT molecular complexity index is 646. The van der Waals surface area contributed by atoms with Crippen molar-refractivity contribution in [3.05, 3.63) is 52.2 Å². The van der Waals surface area contributed by atoms with Crippen LogP contribution in [-0.2, 0) is 0 Å². The molecule has 18 heavy (non-hydrogen) atoms. The first-order valence-corrected chi connectivity index (χ1v) is 7.22. The highest BCUT2D eigenvalue weighted by atomic mass is 32.1. The molecule has 3 aromatic heterocycles. The number of thiophene rings is 2. The summed E-state index contributed by atoms with van der Waals surface area (Å²) in [4.78, 5) is 5.10. The van der Waals surface area contributed by atoms with E-state index in [1.165, 1.54) is 26.5 Å². The average molecular weight is 278 g/mol. The summed E-state index contributed by atoms with van der Waals surface area (Å²) in [6.07, 6.45) is 2.93. The van der Waals surface area contributed by atoms with E-state index in [2.05, 4.69) is 27.8 Å². The molecule has 0 bridgehead atoms. The monoisotopic (exact) mass is 278 g/mol. The van der Waals surface area contributed by atoms with Gasteiger partial charge in [0.15, 0.2) is 0 Å². The summed E-state index contributed by atoms with van der Waals surface area (Å²) < 4.78 is 15.8. The number of halogens is 1. The van der Waals surface area contributed by atoms with Crippen LogP contribution in [0.1, 0.15) is 16.5 Å². The molecule has 92 valence electrons. The number of rotatable bonds is 3. The molecule has 3 aromatic rings. The van der Waals surface area contributed by atoms with E-state index in [0.29, 0.717) is 0 Å². The topological polar surface area (TPSA) is 24.9 Å². The number of hydrogen-bond acceptors (Lipinski definition) is 4. The van der Waals surface area contributed by atoms with E-state index >= 15 is 0 Å². The Morgan fingerprint density at radius 3 is 2.89 bits per heavy atom. The molecule has 1 atom stereocenters. The highest BCUT2D eigenvalue weighted by molar-refractivity contribution is 7.27. The van der Waals surface area contributed by atoms with Crippen molar-refractivity contribution in [1.29, 1.82) is 0 Å². The number of aromatic nitrogens is 1. The first kappa shape index (κ1) is 11.8. The fourth-order valence-corrected chi connectivity index (χ4v) is 4.24. The van der Waals surface area contributed by atoms with Crippen LogP contribution in [0.2, 0.25) is 0 Å². The van der Waals surface area contributed by atoms with Crippen LogP contribution in [0.25, 0.3) is 9.40 Å². The molecule has 0 amide bonds. The lowest BCUT2D eigenvalue weighted by atomic mass is 10.1. The zero-order chi connectivity index (χ0) is 12.5. The molecule has 1 N–H and O–H groups in total. The van der Waals surface area contributed by atoms with Crippen LogP contribution in [0.3, 0.4) is 0 Å². The largest absolute Gasteiger partial charge is 0.309 e. The summed E-state index contributed by atoms with van der Waals surface area (Å²) in [5, 5.41) is 5.31. The Morgan fingerprint density at radius 1 is 1.28 bits per heavy atom. The van der Waals surface area contributed by atoms with Crippen molar-refractivity contribution < 1.29 is 4.39 Å². The molecular weight excluding hydrogens is 267 g/mol.